The van der Waals surface area contributed by atoms with Gasteiger partial charge in [-0.1, -0.05) is 19.9 Å². The number of benzene rings is 1. The lowest BCUT2D eigenvalue weighted by atomic mass is 9.90. The molecule has 0 aliphatic carbocycles. The monoisotopic (exact) mass is 287 g/mol. The molecule has 0 fully saturated rings. The minimum atomic E-state index is -4.26. The highest BCUT2D eigenvalue weighted by Crippen LogP contribution is 2.32. The normalized spacial score (nSPS) is 15.2. The van der Waals surface area contributed by atoms with Gasteiger partial charge in [0.05, 0.1) is 5.56 Å². The predicted molar refractivity (Wildman–Crippen MR) is 77.0 cm³/mol. The van der Waals surface area contributed by atoms with E-state index in [1.165, 1.54) is 12.1 Å². The van der Waals surface area contributed by atoms with Crippen LogP contribution in [0.5, 0.6) is 0 Å². The van der Waals surface area contributed by atoms with Crippen LogP contribution < -0.4 is 5.32 Å². The minimum absolute atomic E-state index is 0.247. The summed E-state index contributed by atoms with van der Waals surface area (Å²) in [4.78, 5) is 0. The molecule has 2 atom stereocenters. The maximum atomic E-state index is 12.6. The number of alkyl halides is 3. The van der Waals surface area contributed by atoms with E-state index in [1.54, 1.807) is 13.0 Å². The van der Waals surface area contributed by atoms with Gasteiger partial charge in [0.2, 0.25) is 0 Å². The van der Waals surface area contributed by atoms with Crippen LogP contribution >= 0.6 is 0 Å². The van der Waals surface area contributed by atoms with Crippen molar-refractivity contribution in [1.29, 1.82) is 0 Å². The van der Waals surface area contributed by atoms with E-state index >= 15 is 0 Å². The van der Waals surface area contributed by atoms with Gasteiger partial charge in [-0.05, 0) is 62.4 Å². The molecular weight excluding hydrogens is 263 g/mol. The van der Waals surface area contributed by atoms with Crippen LogP contribution in [0.2, 0.25) is 0 Å². The third kappa shape index (κ3) is 4.82. The molecule has 1 aromatic carbocycles. The van der Waals surface area contributed by atoms with Crippen LogP contribution in [0.25, 0.3) is 0 Å². The average molecular weight is 287 g/mol. The summed E-state index contributed by atoms with van der Waals surface area (Å²) in [6.45, 7) is 9.03. The Morgan fingerprint density at radius 2 is 1.85 bits per heavy atom. The maximum Gasteiger partial charge on any atom is 0.416 e. The van der Waals surface area contributed by atoms with E-state index in [0.717, 1.165) is 30.5 Å². The Hall–Kier alpha value is -1.03. The Balaban J connectivity index is 2.76. The molecule has 4 heteroatoms. The van der Waals surface area contributed by atoms with Crippen molar-refractivity contribution in [3.05, 3.63) is 34.9 Å². The summed E-state index contributed by atoms with van der Waals surface area (Å²) >= 11 is 0. The summed E-state index contributed by atoms with van der Waals surface area (Å²) in [6.07, 6.45) is -2.26. The van der Waals surface area contributed by atoms with Gasteiger partial charge in [0.25, 0.3) is 0 Å². The quantitative estimate of drug-likeness (QED) is 0.785. The van der Waals surface area contributed by atoms with Crippen LogP contribution in [-0.4, -0.2) is 12.6 Å². The number of halogens is 3. The lowest BCUT2D eigenvalue weighted by Crippen LogP contribution is -2.28. The highest BCUT2D eigenvalue weighted by Gasteiger charge is 2.30. The van der Waals surface area contributed by atoms with Gasteiger partial charge in [0.1, 0.15) is 0 Å². The maximum absolute atomic E-state index is 12.6. The lowest BCUT2D eigenvalue weighted by Gasteiger charge is -2.21. The molecule has 114 valence electrons. The molecule has 1 nitrogen and oxygen atoms in total. The van der Waals surface area contributed by atoms with Gasteiger partial charge in [0.15, 0.2) is 0 Å². The van der Waals surface area contributed by atoms with Crippen molar-refractivity contribution in [1.82, 2.24) is 5.32 Å². The zero-order valence-corrected chi connectivity index (χ0v) is 12.6. The van der Waals surface area contributed by atoms with Gasteiger partial charge in [-0.2, -0.15) is 13.2 Å². The van der Waals surface area contributed by atoms with Crippen LogP contribution in [0.1, 0.15) is 56.2 Å². The third-order valence-corrected chi connectivity index (χ3v) is 3.58. The zero-order chi connectivity index (χ0) is 15.3. The van der Waals surface area contributed by atoms with E-state index in [4.69, 9.17) is 0 Å². The summed E-state index contributed by atoms with van der Waals surface area (Å²) in [7, 11) is 0. The molecule has 0 saturated heterocycles. The van der Waals surface area contributed by atoms with Crippen molar-refractivity contribution >= 4 is 0 Å². The van der Waals surface area contributed by atoms with Crippen LogP contribution in [-0.2, 0) is 6.18 Å². The molecule has 1 aromatic rings. The molecule has 0 aromatic heterocycles. The summed E-state index contributed by atoms with van der Waals surface area (Å²) in [6, 6.07) is 4.42. The van der Waals surface area contributed by atoms with Crippen molar-refractivity contribution < 1.29 is 13.2 Å². The molecule has 0 saturated carbocycles. The van der Waals surface area contributed by atoms with Gasteiger partial charge >= 0.3 is 6.18 Å². The fraction of sp³-hybridized carbons (Fsp3) is 0.625. The van der Waals surface area contributed by atoms with Gasteiger partial charge in [-0.25, -0.2) is 0 Å². The topological polar surface area (TPSA) is 12.0 Å². The number of hydrogen-bond acceptors (Lipinski definition) is 1. The fourth-order valence-corrected chi connectivity index (χ4v) is 2.54. The van der Waals surface area contributed by atoms with E-state index in [2.05, 4.69) is 26.1 Å². The van der Waals surface area contributed by atoms with Gasteiger partial charge < -0.3 is 5.32 Å². The smallest absolute Gasteiger partial charge is 0.314 e. The van der Waals surface area contributed by atoms with Gasteiger partial charge in [-0.3, -0.25) is 0 Å². The molecule has 0 amide bonds. The predicted octanol–water partition coefficient (Wildman–Crippen LogP) is 4.90. The Morgan fingerprint density at radius 1 is 1.20 bits per heavy atom. The van der Waals surface area contributed by atoms with Crippen molar-refractivity contribution in [3.8, 4) is 0 Å². The highest BCUT2D eigenvalue weighted by atomic mass is 19.4. The number of aryl methyl sites for hydroxylation is 1. The molecule has 0 aliphatic rings. The summed E-state index contributed by atoms with van der Waals surface area (Å²) in [5.74, 6) is 0.247. The molecule has 20 heavy (non-hydrogen) atoms. The number of hydrogen-bond donors (Lipinski definition) is 1. The molecule has 0 aliphatic heterocycles. The largest absolute Gasteiger partial charge is 0.416 e. The van der Waals surface area contributed by atoms with Crippen LogP contribution in [0.15, 0.2) is 18.2 Å². The first kappa shape index (κ1) is 17.0. The molecule has 0 heterocycles. The Bertz CT molecular complexity index is 426. The third-order valence-electron chi connectivity index (χ3n) is 3.58. The lowest BCUT2D eigenvalue weighted by molar-refractivity contribution is -0.137. The second kappa shape index (κ2) is 7.11. The molecule has 2 unspecified atom stereocenters. The van der Waals surface area contributed by atoms with E-state index in [0.29, 0.717) is 6.04 Å². The first-order valence-corrected chi connectivity index (χ1v) is 7.16. The van der Waals surface area contributed by atoms with E-state index < -0.39 is 11.7 Å². The molecule has 0 radical (unpaired) electrons. The van der Waals surface area contributed by atoms with E-state index in [-0.39, 0.29) is 5.92 Å². The Morgan fingerprint density at radius 3 is 2.35 bits per heavy atom. The zero-order valence-electron chi connectivity index (χ0n) is 12.6. The SMILES string of the molecule is CCCNC(C)CC(C)c1ccc(C(F)(F)F)cc1C. The first-order chi connectivity index (χ1) is 9.25. The Kier molecular flexibility index (Phi) is 6.06. The van der Waals surface area contributed by atoms with Crippen molar-refractivity contribution in [2.75, 3.05) is 6.54 Å². The van der Waals surface area contributed by atoms with Crippen LogP contribution in [0, 0.1) is 6.92 Å². The number of rotatable bonds is 6. The number of nitrogens with one attached hydrogen (secondary N) is 1. The molecule has 1 N–H and O–H groups in total. The van der Waals surface area contributed by atoms with Crippen molar-refractivity contribution in [2.24, 2.45) is 0 Å². The van der Waals surface area contributed by atoms with E-state index in [1.807, 2.05) is 0 Å². The summed E-state index contributed by atoms with van der Waals surface area (Å²) < 4.78 is 37.9. The Labute approximate surface area is 119 Å². The van der Waals surface area contributed by atoms with Crippen molar-refractivity contribution in [3.63, 3.8) is 0 Å². The summed E-state index contributed by atoms with van der Waals surface area (Å²) in [5.41, 5.74) is 1.15. The standard InChI is InChI=1S/C16H24F3N/c1-5-8-20-13(4)9-11(2)15-7-6-14(10-12(15)3)16(17,18)19/h6-7,10-11,13,20H,5,8-9H2,1-4H3. The average Bonchev–Trinajstić information content (AvgIpc) is 2.34. The molecule has 1 rings (SSSR count). The second-order valence-corrected chi connectivity index (χ2v) is 5.56. The highest BCUT2D eigenvalue weighted by molar-refractivity contribution is 5.34. The fourth-order valence-electron chi connectivity index (χ4n) is 2.54. The van der Waals surface area contributed by atoms with Gasteiger partial charge in [0, 0.05) is 6.04 Å². The van der Waals surface area contributed by atoms with Gasteiger partial charge in [-0.15, -0.1) is 0 Å². The first-order valence-electron chi connectivity index (χ1n) is 7.16. The van der Waals surface area contributed by atoms with Crippen LogP contribution in [0.4, 0.5) is 13.2 Å². The van der Waals surface area contributed by atoms with Crippen LogP contribution in [0.3, 0.4) is 0 Å². The minimum Gasteiger partial charge on any atom is -0.314 e. The van der Waals surface area contributed by atoms with E-state index in [9.17, 15) is 13.2 Å². The summed E-state index contributed by atoms with van der Waals surface area (Å²) in [5, 5.41) is 3.41. The molecule has 0 spiro atoms. The molecular formula is C16H24F3N. The molecule has 0 bridgehead atoms. The second-order valence-electron chi connectivity index (χ2n) is 5.56. The van der Waals surface area contributed by atoms with Crippen molar-refractivity contribution in [2.45, 2.75) is 58.7 Å².